The van der Waals surface area contributed by atoms with Gasteiger partial charge in [-0.25, -0.2) is 0 Å². The van der Waals surface area contributed by atoms with Crippen LogP contribution in [0.1, 0.15) is 40.0 Å². The number of hydrogen-bond acceptors (Lipinski definition) is 6. The highest BCUT2D eigenvalue weighted by Gasteiger charge is 2.20. The molecule has 1 N–H and O–H groups in total. The molecule has 1 heterocycles. The molecular weight excluding hydrogens is 398 g/mol. The number of methoxy groups -OCH3 is 1. The standard InChI is InChI=1S/C23H23N3O5/c1-15-19(5-4-6-20(15)26(28)29)23(27)25-16(2)18-7-8-21(22(13-18)30-3)31-14-17-9-11-24-12-10-17/h4-13,16H,14H2,1-3H3,(H,25,27). The number of nitro groups is 1. The Balaban J connectivity index is 1.73. The Kier molecular flexibility index (Phi) is 6.81. The molecule has 0 saturated carbocycles. The molecule has 160 valence electrons. The first-order valence-corrected chi connectivity index (χ1v) is 9.65. The number of rotatable bonds is 8. The van der Waals surface area contributed by atoms with E-state index < -0.39 is 4.92 Å². The van der Waals surface area contributed by atoms with E-state index in [2.05, 4.69) is 10.3 Å². The molecule has 1 unspecified atom stereocenters. The topological polar surface area (TPSA) is 104 Å². The fourth-order valence-corrected chi connectivity index (χ4v) is 3.14. The molecule has 0 fully saturated rings. The Hall–Kier alpha value is -3.94. The SMILES string of the molecule is COc1cc(C(C)NC(=O)c2cccc([N+](=O)[O-])c2C)ccc1OCc1ccncc1. The molecule has 1 amide bonds. The fraction of sp³-hybridized carbons (Fsp3) is 0.217. The molecule has 8 nitrogen and oxygen atoms in total. The van der Waals surface area contributed by atoms with Crippen LogP contribution < -0.4 is 14.8 Å². The van der Waals surface area contributed by atoms with E-state index in [1.807, 2.05) is 25.1 Å². The van der Waals surface area contributed by atoms with Crippen LogP contribution in [0.5, 0.6) is 11.5 Å². The number of nitrogens with zero attached hydrogens (tertiary/aromatic N) is 2. The van der Waals surface area contributed by atoms with Crippen LogP contribution in [0, 0.1) is 17.0 Å². The van der Waals surface area contributed by atoms with Gasteiger partial charge in [-0.2, -0.15) is 0 Å². The minimum atomic E-state index is -0.495. The molecule has 0 aliphatic carbocycles. The van der Waals surface area contributed by atoms with Crippen molar-refractivity contribution in [3.63, 3.8) is 0 Å². The highest BCUT2D eigenvalue weighted by molar-refractivity contribution is 5.96. The zero-order chi connectivity index (χ0) is 22.4. The smallest absolute Gasteiger partial charge is 0.273 e. The number of amides is 1. The summed E-state index contributed by atoms with van der Waals surface area (Å²) >= 11 is 0. The van der Waals surface area contributed by atoms with E-state index in [0.29, 0.717) is 23.7 Å². The first-order valence-electron chi connectivity index (χ1n) is 9.65. The van der Waals surface area contributed by atoms with Crippen molar-refractivity contribution in [3.8, 4) is 11.5 Å². The van der Waals surface area contributed by atoms with Crippen molar-refractivity contribution in [2.45, 2.75) is 26.5 Å². The molecule has 0 radical (unpaired) electrons. The lowest BCUT2D eigenvalue weighted by molar-refractivity contribution is -0.385. The van der Waals surface area contributed by atoms with Crippen LogP contribution in [0.2, 0.25) is 0 Å². The van der Waals surface area contributed by atoms with E-state index in [-0.39, 0.29) is 23.2 Å². The predicted molar refractivity (Wildman–Crippen MR) is 115 cm³/mol. The van der Waals surface area contributed by atoms with E-state index in [0.717, 1.165) is 11.1 Å². The molecule has 8 heteroatoms. The zero-order valence-electron chi connectivity index (χ0n) is 17.5. The molecule has 2 aromatic carbocycles. The normalized spacial score (nSPS) is 11.5. The van der Waals surface area contributed by atoms with Gasteiger partial charge in [0.1, 0.15) is 6.61 Å². The van der Waals surface area contributed by atoms with Crippen LogP contribution in [-0.2, 0) is 6.61 Å². The van der Waals surface area contributed by atoms with Gasteiger partial charge in [0.15, 0.2) is 11.5 Å². The summed E-state index contributed by atoms with van der Waals surface area (Å²) in [7, 11) is 1.55. The van der Waals surface area contributed by atoms with Crippen molar-refractivity contribution < 1.29 is 19.2 Å². The van der Waals surface area contributed by atoms with Crippen LogP contribution >= 0.6 is 0 Å². The number of carbonyl (C=O) groups is 1. The third kappa shape index (κ3) is 5.16. The van der Waals surface area contributed by atoms with Gasteiger partial charge in [0.25, 0.3) is 11.6 Å². The first kappa shape index (κ1) is 21.8. The maximum Gasteiger partial charge on any atom is 0.273 e. The Bertz CT molecular complexity index is 1090. The summed E-state index contributed by atoms with van der Waals surface area (Å²) in [5.41, 5.74) is 2.30. The second-order valence-electron chi connectivity index (χ2n) is 6.96. The molecule has 0 aliphatic rings. The predicted octanol–water partition coefficient (Wildman–Crippen LogP) is 4.38. The molecule has 3 aromatic rings. The van der Waals surface area contributed by atoms with Crippen LogP contribution in [0.15, 0.2) is 60.9 Å². The number of aromatic nitrogens is 1. The van der Waals surface area contributed by atoms with E-state index in [4.69, 9.17) is 9.47 Å². The molecule has 0 aliphatic heterocycles. The minimum Gasteiger partial charge on any atom is -0.493 e. The summed E-state index contributed by atoms with van der Waals surface area (Å²) in [6, 6.07) is 13.3. The van der Waals surface area contributed by atoms with Gasteiger partial charge in [-0.05, 0) is 55.3 Å². The van der Waals surface area contributed by atoms with E-state index in [9.17, 15) is 14.9 Å². The summed E-state index contributed by atoms with van der Waals surface area (Å²) in [4.78, 5) is 27.3. The third-order valence-electron chi connectivity index (χ3n) is 4.93. The van der Waals surface area contributed by atoms with Gasteiger partial charge in [-0.15, -0.1) is 0 Å². The molecule has 0 bridgehead atoms. The summed E-state index contributed by atoms with van der Waals surface area (Å²) < 4.78 is 11.3. The second kappa shape index (κ2) is 9.71. The van der Waals surface area contributed by atoms with Crippen molar-refractivity contribution in [2.24, 2.45) is 0 Å². The van der Waals surface area contributed by atoms with Crippen molar-refractivity contribution in [1.82, 2.24) is 10.3 Å². The third-order valence-corrected chi connectivity index (χ3v) is 4.93. The summed E-state index contributed by atoms with van der Waals surface area (Å²) in [6.07, 6.45) is 3.40. The fourth-order valence-electron chi connectivity index (χ4n) is 3.14. The quantitative estimate of drug-likeness (QED) is 0.428. The molecule has 3 rings (SSSR count). The molecule has 31 heavy (non-hydrogen) atoms. The van der Waals surface area contributed by atoms with Crippen LogP contribution in [-0.4, -0.2) is 22.9 Å². The van der Waals surface area contributed by atoms with Crippen LogP contribution in [0.25, 0.3) is 0 Å². The Labute approximate surface area is 180 Å². The van der Waals surface area contributed by atoms with E-state index >= 15 is 0 Å². The molecule has 0 spiro atoms. The van der Waals surface area contributed by atoms with Crippen molar-refractivity contribution >= 4 is 11.6 Å². The lowest BCUT2D eigenvalue weighted by atomic mass is 10.0. The second-order valence-corrected chi connectivity index (χ2v) is 6.96. The van der Waals surface area contributed by atoms with Gasteiger partial charge in [-0.1, -0.05) is 12.1 Å². The number of nitrogens with one attached hydrogen (secondary N) is 1. The largest absolute Gasteiger partial charge is 0.493 e. The molecular formula is C23H23N3O5. The first-order chi connectivity index (χ1) is 14.9. The number of pyridine rings is 1. The van der Waals surface area contributed by atoms with Crippen molar-refractivity contribution in [3.05, 3.63) is 93.3 Å². The highest BCUT2D eigenvalue weighted by atomic mass is 16.6. The summed E-state index contributed by atoms with van der Waals surface area (Å²) in [5.74, 6) is 0.737. The van der Waals surface area contributed by atoms with Gasteiger partial charge in [0.2, 0.25) is 0 Å². The molecule has 1 atom stereocenters. The Morgan fingerprint density at radius 1 is 1.16 bits per heavy atom. The van der Waals surface area contributed by atoms with Crippen molar-refractivity contribution in [1.29, 1.82) is 0 Å². The average molecular weight is 421 g/mol. The number of hydrogen-bond donors (Lipinski definition) is 1. The van der Waals surface area contributed by atoms with Gasteiger partial charge >= 0.3 is 0 Å². The molecule has 0 saturated heterocycles. The van der Waals surface area contributed by atoms with E-state index in [1.54, 1.807) is 44.6 Å². The minimum absolute atomic E-state index is 0.0855. The Morgan fingerprint density at radius 3 is 2.58 bits per heavy atom. The number of ether oxygens (including phenoxy) is 2. The van der Waals surface area contributed by atoms with Gasteiger partial charge in [-0.3, -0.25) is 19.9 Å². The number of nitro benzene ring substituents is 1. The monoisotopic (exact) mass is 421 g/mol. The highest BCUT2D eigenvalue weighted by Crippen LogP contribution is 2.31. The van der Waals surface area contributed by atoms with Crippen LogP contribution in [0.3, 0.4) is 0 Å². The van der Waals surface area contributed by atoms with Gasteiger partial charge in [0, 0.05) is 29.6 Å². The maximum atomic E-state index is 12.7. The summed E-state index contributed by atoms with van der Waals surface area (Å²) in [5, 5.41) is 14.0. The number of carbonyl (C=O) groups excluding carboxylic acids is 1. The molecule has 1 aromatic heterocycles. The average Bonchev–Trinajstić information content (AvgIpc) is 2.78. The lowest BCUT2D eigenvalue weighted by Crippen LogP contribution is -2.27. The van der Waals surface area contributed by atoms with E-state index in [1.165, 1.54) is 12.1 Å². The Morgan fingerprint density at radius 2 is 1.90 bits per heavy atom. The zero-order valence-corrected chi connectivity index (χ0v) is 17.5. The van der Waals surface area contributed by atoms with Crippen molar-refractivity contribution in [2.75, 3.05) is 7.11 Å². The van der Waals surface area contributed by atoms with Crippen LogP contribution in [0.4, 0.5) is 5.69 Å². The van der Waals surface area contributed by atoms with Gasteiger partial charge in [0.05, 0.1) is 18.1 Å². The number of benzene rings is 2. The maximum absolute atomic E-state index is 12.7. The van der Waals surface area contributed by atoms with Gasteiger partial charge < -0.3 is 14.8 Å². The summed E-state index contributed by atoms with van der Waals surface area (Å²) in [6.45, 7) is 3.77. The lowest BCUT2D eigenvalue weighted by Gasteiger charge is -2.18.